The lowest BCUT2D eigenvalue weighted by molar-refractivity contribution is 0.0947. The summed E-state index contributed by atoms with van der Waals surface area (Å²) in [6, 6.07) is 4.55. The van der Waals surface area contributed by atoms with E-state index in [1.165, 1.54) is 6.07 Å². The second-order valence-electron chi connectivity index (χ2n) is 4.22. The van der Waals surface area contributed by atoms with Crippen molar-refractivity contribution < 1.29 is 4.79 Å². The molecule has 0 saturated carbocycles. The molecule has 0 atom stereocenters. The van der Waals surface area contributed by atoms with E-state index >= 15 is 0 Å². The third-order valence-electron chi connectivity index (χ3n) is 2.26. The molecule has 0 aromatic carbocycles. The SMILES string of the molecule is CC(C)CCCNC(=O)c1cccc(=O)[nH]1. The van der Waals surface area contributed by atoms with Crippen LogP contribution < -0.4 is 10.9 Å². The molecule has 4 nitrogen and oxygen atoms in total. The number of amides is 1. The van der Waals surface area contributed by atoms with Gasteiger partial charge in [-0.2, -0.15) is 0 Å². The van der Waals surface area contributed by atoms with Gasteiger partial charge >= 0.3 is 0 Å². The Hall–Kier alpha value is -1.58. The second kappa shape index (κ2) is 6.10. The Labute approximate surface area is 95.1 Å². The largest absolute Gasteiger partial charge is 0.351 e. The van der Waals surface area contributed by atoms with E-state index in [-0.39, 0.29) is 11.5 Å². The lowest BCUT2D eigenvalue weighted by Crippen LogP contribution is -2.27. The topological polar surface area (TPSA) is 62.0 Å². The summed E-state index contributed by atoms with van der Waals surface area (Å²) in [5.74, 6) is 0.426. The Bertz CT molecular complexity index is 396. The molecule has 4 heteroatoms. The van der Waals surface area contributed by atoms with Crippen LogP contribution in [0.5, 0.6) is 0 Å². The fourth-order valence-corrected chi connectivity index (χ4v) is 1.39. The summed E-state index contributed by atoms with van der Waals surface area (Å²) in [6.07, 6.45) is 2.05. The van der Waals surface area contributed by atoms with Gasteiger partial charge in [-0.1, -0.05) is 19.9 Å². The highest BCUT2D eigenvalue weighted by Gasteiger charge is 2.04. The van der Waals surface area contributed by atoms with E-state index in [2.05, 4.69) is 24.1 Å². The molecule has 1 aromatic heterocycles. The van der Waals surface area contributed by atoms with Gasteiger partial charge in [0.2, 0.25) is 5.56 Å². The van der Waals surface area contributed by atoms with E-state index in [1.807, 2.05) is 0 Å². The number of carbonyl (C=O) groups is 1. The molecule has 0 radical (unpaired) electrons. The highest BCUT2D eigenvalue weighted by molar-refractivity contribution is 5.92. The van der Waals surface area contributed by atoms with Crippen LogP contribution in [0.2, 0.25) is 0 Å². The smallest absolute Gasteiger partial charge is 0.267 e. The molecule has 0 bridgehead atoms. The first kappa shape index (κ1) is 12.5. The number of carbonyl (C=O) groups excluding carboxylic acids is 1. The van der Waals surface area contributed by atoms with E-state index in [0.29, 0.717) is 18.2 Å². The number of hydrogen-bond donors (Lipinski definition) is 2. The monoisotopic (exact) mass is 222 g/mol. The highest BCUT2D eigenvalue weighted by atomic mass is 16.2. The summed E-state index contributed by atoms with van der Waals surface area (Å²) < 4.78 is 0. The van der Waals surface area contributed by atoms with Crippen molar-refractivity contribution in [3.8, 4) is 0 Å². The van der Waals surface area contributed by atoms with Crippen molar-refractivity contribution >= 4 is 5.91 Å². The predicted molar refractivity (Wildman–Crippen MR) is 63.5 cm³/mol. The van der Waals surface area contributed by atoms with Crippen LogP contribution in [0.15, 0.2) is 23.0 Å². The first-order chi connectivity index (χ1) is 7.59. The minimum Gasteiger partial charge on any atom is -0.351 e. The summed E-state index contributed by atoms with van der Waals surface area (Å²) in [6.45, 7) is 4.95. The molecule has 16 heavy (non-hydrogen) atoms. The number of H-pyrrole nitrogens is 1. The molecule has 0 saturated heterocycles. The maximum absolute atomic E-state index is 11.6. The normalized spacial score (nSPS) is 10.4. The fraction of sp³-hybridized carbons (Fsp3) is 0.500. The van der Waals surface area contributed by atoms with Crippen LogP contribution in [0.4, 0.5) is 0 Å². The lowest BCUT2D eigenvalue weighted by Gasteiger charge is -2.06. The number of aromatic amines is 1. The fourth-order valence-electron chi connectivity index (χ4n) is 1.39. The predicted octanol–water partition coefficient (Wildman–Crippen LogP) is 1.54. The Balaban J connectivity index is 2.38. The van der Waals surface area contributed by atoms with Crippen molar-refractivity contribution in [1.29, 1.82) is 0 Å². The Morgan fingerprint density at radius 1 is 1.44 bits per heavy atom. The third kappa shape index (κ3) is 4.29. The Kier molecular flexibility index (Phi) is 4.76. The number of aromatic nitrogens is 1. The van der Waals surface area contributed by atoms with Crippen molar-refractivity contribution in [2.45, 2.75) is 26.7 Å². The summed E-state index contributed by atoms with van der Waals surface area (Å²) in [4.78, 5) is 25.0. The Morgan fingerprint density at radius 2 is 2.19 bits per heavy atom. The molecular formula is C12H18N2O2. The van der Waals surface area contributed by atoms with Gasteiger partial charge in [0.1, 0.15) is 5.69 Å². The third-order valence-corrected chi connectivity index (χ3v) is 2.26. The molecule has 0 spiro atoms. The summed E-state index contributed by atoms with van der Waals surface area (Å²) in [5.41, 5.74) is 0.0619. The van der Waals surface area contributed by atoms with Gasteiger partial charge in [-0.3, -0.25) is 9.59 Å². The molecule has 0 aliphatic heterocycles. The van der Waals surface area contributed by atoms with Crippen molar-refractivity contribution in [3.63, 3.8) is 0 Å². The van der Waals surface area contributed by atoms with E-state index in [0.717, 1.165) is 12.8 Å². The number of nitrogens with one attached hydrogen (secondary N) is 2. The van der Waals surface area contributed by atoms with Crippen molar-refractivity contribution in [2.75, 3.05) is 6.54 Å². The van der Waals surface area contributed by atoms with E-state index in [9.17, 15) is 9.59 Å². The van der Waals surface area contributed by atoms with E-state index < -0.39 is 0 Å². The van der Waals surface area contributed by atoms with Crippen LogP contribution >= 0.6 is 0 Å². The van der Waals surface area contributed by atoms with Gasteiger partial charge in [0.05, 0.1) is 0 Å². The molecule has 0 unspecified atom stereocenters. The first-order valence-electron chi connectivity index (χ1n) is 5.57. The highest BCUT2D eigenvalue weighted by Crippen LogP contribution is 2.01. The van der Waals surface area contributed by atoms with Gasteiger partial charge in [-0.15, -0.1) is 0 Å². The zero-order chi connectivity index (χ0) is 12.0. The molecule has 1 rings (SSSR count). The van der Waals surface area contributed by atoms with Crippen molar-refractivity contribution in [1.82, 2.24) is 10.3 Å². The maximum atomic E-state index is 11.6. The molecule has 0 aliphatic carbocycles. The van der Waals surface area contributed by atoms with Gasteiger partial charge in [-0.25, -0.2) is 0 Å². The molecular weight excluding hydrogens is 204 g/mol. The van der Waals surface area contributed by atoms with Gasteiger partial charge in [0.15, 0.2) is 0 Å². The molecule has 1 heterocycles. The Morgan fingerprint density at radius 3 is 2.81 bits per heavy atom. The van der Waals surface area contributed by atoms with Gasteiger partial charge in [0, 0.05) is 12.6 Å². The van der Waals surface area contributed by atoms with Gasteiger partial charge in [0.25, 0.3) is 5.91 Å². The van der Waals surface area contributed by atoms with E-state index in [4.69, 9.17) is 0 Å². The van der Waals surface area contributed by atoms with Gasteiger partial charge in [-0.05, 0) is 24.8 Å². The van der Waals surface area contributed by atoms with Crippen LogP contribution in [0.3, 0.4) is 0 Å². The first-order valence-corrected chi connectivity index (χ1v) is 5.57. The quantitative estimate of drug-likeness (QED) is 0.742. The lowest BCUT2D eigenvalue weighted by atomic mass is 10.1. The van der Waals surface area contributed by atoms with Crippen LogP contribution in [-0.2, 0) is 0 Å². The summed E-state index contributed by atoms with van der Waals surface area (Å²) in [7, 11) is 0. The molecule has 0 aliphatic rings. The van der Waals surface area contributed by atoms with Crippen molar-refractivity contribution in [3.05, 3.63) is 34.2 Å². The average Bonchev–Trinajstić information content (AvgIpc) is 2.24. The number of pyridine rings is 1. The zero-order valence-corrected chi connectivity index (χ0v) is 9.75. The summed E-state index contributed by atoms with van der Waals surface area (Å²) in [5, 5.41) is 2.77. The molecule has 88 valence electrons. The average molecular weight is 222 g/mol. The van der Waals surface area contributed by atoms with E-state index in [1.54, 1.807) is 12.1 Å². The standard InChI is InChI=1S/C12H18N2O2/c1-9(2)5-4-8-13-12(16)10-6-3-7-11(15)14-10/h3,6-7,9H,4-5,8H2,1-2H3,(H,13,16)(H,14,15). The number of hydrogen-bond acceptors (Lipinski definition) is 2. The zero-order valence-electron chi connectivity index (χ0n) is 9.75. The van der Waals surface area contributed by atoms with Gasteiger partial charge < -0.3 is 10.3 Å². The van der Waals surface area contributed by atoms with Crippen LogP contribution in [0.1, 0.15) is 37.2 Å². The van der Waals surface area contributed by atoms with Crippen molar-refractivity contribution in [2.24, 2.45) is 5.92 Å². The molecule has 1 amide bonds. The minimum atomic E-state index is -0.255. The minimum absolute atomic E-state index is 0.221. The van der Waals surface area contributed by atoms with Crippen LogP contribution in [0.25, 0.3) is 0 Å². The second-order valence-corrected chi connectivity index (χ2v) is 4.22. The number of rotatable bonds is 5. The molecule has 1 aromatic rings. The van der Waals surface area contributed by atoms with Crippen LogP contribution in [-0.4, -0.2) is 17.4 Å². The summed E-state index contributed by atoms with van der Waals surface area (Å²) >= 11 is 0. The maximum Gasteiger partial charge on any atom is 0.267 e. The molecule has 0 fully saturated rings. The van der Waals surface area contributed by atoms with Crippen LogP contribution in [0, 0.1) is 5.92 Å². The molecule has 2 N–H and O–H groups in total.